The van der Waals surface area contributed by atoms with E-state index < -0.39 is 154 Å². The van der Waals surface area contributed by atoms with Crippen LogP contribution in [0.2, 0.25) is 0 Å². The average molecular weight is 1050 g/mol. The number of aliphatic hydroxyl groups is 12. The summed E-state index contributed by atoms with van der Waals surface area (Å²) in [4.78, 5) is 0. The second-order valence-corrected chi connectivity index (χ2v) is 24.4. The number of aliphatic hydroxyl groups excluding tert-OH is 12. The lowest BCUT2D eigenvalue weighted by Gasteiger charge is -2.62. The highest BCUT2D eigenvalue weighted by atomic mass is 16.8. The Balaban J connectivity index is 0.822. The Morgan fingerprint density at radius 1 is 0.507 bits per heavy atom. The molecule has 10 aliphatic rings. The molecule has 32 atom stereocenters. The van der Waals surface area contributed by atoms with Gasteiger partial charge in [0.15, 0.2) is 30.9 Å². The topological polar surface area (TPSA) is 335 Å². The zero-order valence-corrected chi connectivity index (χ0v) is 42.6. The van der Waals surface area contributed by atoms with Crippen molar-refractivity contribution in [2.75, 3.05) is 33.0 Å². The van der Waals surface area contributed by atoms with E-state index in [0.717, 1.165) is 45.1 Å². The molecule has 12 N–H and O–H groups in total. The van der Waals surface area contributed by atoms with Crippen LogP contribution >= 0.6 is 0 Å². The van der Waals surface area contributed by atoms with Gasteiger partial charge in [0.25, 0.3) is 0 Å². The van der Waals surface area contributed by atoms with Crippen LogP contribution in [0.3, 0.4) is 0 Å². The monoisotopic (exact) mass is 1050 g/mol. The second-order valence-electron chi connectivity index (χ2n) is 24.4. The summed E-state index contributed by atoms with van der Waals surface area (Å²) in [6, 6.07) is 0. The molecule has 0 bridgehead atoms. The molecule has 0 aromatic rings. The number of rotatable bonds is 11. The van der Waals surface area contributed by atoms with Gasteiger partial charge in [0, 0.05) is 18.3 Å². The molecule has 6 aliphatic heterocycles. The van der Waals surface area contributed by atoms with Gasteiger partial charge in [-0.2, -0.15) is 0 Å². The van der Waals surface area contributed by atoms with Gasteiger partial charge in [-0.15, -0.1) is 0 Å². The molecule has 0 radical (unpaired) electrons. The van der Waals surface area contributed by atoms with Gasteiger partial charge in [0.05, 0.1) is 57.5 Å². The van der Waals surface area contributed by atoms with Crippen LogP contribution in [0.15, 0.2) is 0 Å². The fourth-order valence-corrected chi connectivity index (χ4v) is 16.1. The molecule has 10 fully saturated rings. The van der Waals surface area contributed by atoms with Gasteiger partial charge in [-0.3, -0.25) is 0 Å². The average Bonchev–Trinajstić information content (AvgIpc) is 3.82. The molecule has 73 heavy (non-hydrogen) atoms. The van der Waals surface area contributed by atoms with Crippen LogP contribution in [-0.4, -0.2) is 229 Å². The van der Waals surface area contributed by atoms with Gasteiger partial charge in [-0.05, 0) is 97.7 Å². The molecule has 6 saturated heterocycles. The third kappa shape index (κ3) is 9.50. The van der Waals surface area contributed by atoms with Crippen molar-refractivity contribution in [3.63, 3.8) is 0 Å². The smallest absolute Gasteiger partial charge is 0.187 e. The molecular formula is C51H84O22. The Kier molecular flexibility index (Phi) is 16.2. The first-order valence-electron chi connectivity index (χ1n) is 27.1. The predicted octanol–water partition coefficient (Wildman–Crippen LogP) is -2.02. The van der Waals surface area contributed by atoms with Crippen LogP contribution in [0.5, 0.6) is 0 Å². The second kappa shape index (κ2) is 21.3. The van der Waals surface area contributed by atoms with Gasteiger partial charge in [0.2, 0.25) is 0 Å². The third-order valence-electron chi connectivity index (χ3n) is 20.3. The minimum Gasteiger partial charge on any atom is -0.394 e. The van der Waals surface area contributed by atoms with Crippen LogP contribution in [0, 0.1) is 58.2 Å². The lowest BCUT2D eigenvalue weighted by molar-refractivity contribution is -0.403. The van der Waals surface area contributed by atoms with Crippen molar-refractivity contribution in [3.8, 4) is 0 Å². The standard InChI is InChI=1S/C51H84O22/c1-20-6-11-51(65-18-20)22(3)33-29(73-51)14-26-24-13-28(55)27-12-23(7-9-49(27,4)25(24)8-10-50(26,33)5)66-46-41(63)38(60)42(32(17-54)69-46)70-48-44(72-47-40(62)37(59)35(57)30(15-52)67-47)43(36(58)31(16-53)68-48)71-45-39(61)34(56)21(2)19-64-45/h20-48,52-63H,6-19H2,1-5H3/t20?,21-,22+,23+,24?,25?,26?,27?,28-,29+,30-,31-,32-,33+,34+,35-,36-,37+,38-,39-,40-,41-,42+,43+,44-,45+,46-,47+,48+,49-,50+,51-/m1/s1. The SMILES string of the molecule is CC1CC[C@@]2(OC1)O[C@H]1CC3C4C[C@@H](O)C5C[C@@H](O[C@@H]6O[C@H](CO)[C@H](O[C@@H]7O[C@H](CO)[C@@H](O)[C@H](O[C@@H]8OC[C@@H](C)[C@H](O)[C@H]8O)[C@H]7O[C@@H]7O[C@H](CO)[C@@H](O)[C@H](O)[C@H]7O)[C@H](O)[C@H]6O)CC[C@]5(C)C4CC[C@]3(C)[C@H]1[C@@H]2C. The van der Waals surface area contributed by atoms with E-state index in [9.17, 15) is 61.3 Å². The molecule has 1 spiro atoms. The molecule has 0 amide bonds. The van der Waals surface area contributed by atoms with Crippen LogP contribution < -0.4 is 0 Å². The van der Waals surface area contributed by atoms with E-state index >= 15 is 0 Å². The molecule has 4 aliphatic carbocycles. The van der Waals surface area contributed by atoms with Gasteiger partial charge in [-0.25, -0.2) is 0 Å². The zero-order chi connectivity index (χ0) is 52.2. The Hall–Kier alpha value is -0.880. The lowest BCUT2D eigenvalue weighted by atomic mass is 9.43. The predicted molar refractivity (Wildman–Crippen MR) is 247 cm³/mol. The Bertz CT molecular complexity index is 1860. The maximum Gasteiger partial charge on any atom is 0.187 e. The van der Waals surface area contributed by atoms with E-state index in [2.05, 4.69) is 27.7 Å². The summed E-state index contributed by atoms with van der Waals surface area (Å²) >= 11 is 0. The van der Waals surface area contributed by atoms with Crippen molar-refractivity contribution in [1.29, 1.82) is 0 Å². The fourth-order valence-electron chi connectivity index (χ4n) is 16.1. The first kappa shape index (κ1) is 55.4. The van der Waals surface area contributed by atoms with Crippen molar-refractivity contribution < 1.29 is 109 Å². The summed E-state index contributed by atoms with van der Waals surface area (Å²) in [7, 11) is 0. The number of fused-ring (bicyclic) bond motifs is 7. The molecule has 4 saturated carbocycles. The maximum atomic E-state index is 12.1. The van der Waals surface area contributed by atoms with Crippen LogP contribution in [0.4, 0.5) is 0 Å². The quantitative estimate of drug-likeness (QED) is 0.0994. The van der Waals surface area contributed by atoms with Crippen molar-refractivity contribution in [2.24, 2.45) is 58.2 Å². The van der Waals surface area contributed by atoms with Crippen molar-refractivity contribution in [3.05, 3.63) is 0 Å². The molecule has 6 heterocycles. The Morgan fingerprint density at radius 3 is 1.82 bits per heavy atom. The third-order valence-corrected chi connectivity index (χ3v) is 20.3. The zero-order valence-electron chi connectivity index (χ0n) is 42.6. The van der Waals surface area contributed by atoms with Crippen LogP contribution in [0.25, 0.3) is 0 Å². The summed E-state index contributed by atoms with van der Waals surface area (Å²) in [5.74, 6) is 1.26. The minimum absolute atomic E-state index is 0.0792. The molecule has 22 heteroatoms. The highest BCUT2D eigenvalue weighted by Gasteiger charge is 2.70. The largest absolute Gasteiger partial charge is 0.394 e. The number of hydrogen-bond acceptors (Lipinski definition) is 22. The van der Waals surface area contributed by atoms with E-state index in [1.54, 1.807) is 6.92 Å². The van der Waals surface area contributed by atoms with E-state index in [4.69, 9.17) is 47.4 Å². The van der Waals surface area contributed by atoms with Crippen molar-refractivity contribution >= 4 is 0 Å². The van der Waals surface area contributed by atoms with E-state index in [-0.39, 0.29) is 29.5 Å². The maximum absolute atomic E-state index is 12.1. The summed E-state index contributed by atoms with van der Waals surface area (Å²) < 4.78 is 61.8. The lowest BCUT2D eigenvalue weighted by Crippen LogP contribution is -2.68. The Morgan fingerprint density at radius 2 is 1.12 bits per heavy atom. The van der Waals surface area contributed by atoms with E-state index in [1.807, 2.05) is 0 Å². The molecule has 0 aromatic heterocycles. The molecular weight excluding hydrogens is 965 g/mol. The molecule has 5 unspecified atom stereocenters. The highest BCUT2D eigenvalue weighted by molar-refractivity contribution is 5.16. The highest BCUT2D eigenvalue weighted by Crippen LogP contribution is 2.71. The molecule has 10 rings (SSSR count). The number of ether oxygens (including phenoxy) is 10. The van der Waals surface area contributed by atoms with Crippen LogP contribution in [0.1, 0.15) is 92.4 Å². The van der Waals surface area contributed by atoms with E-state index in [0.29, 0.717) is 54.8 Å². The van der Waals surface area contributed by atoms with Crippen molar-refractivity contribution in [1.82, 2.24) is 0 Å². The minimum atomic E-state index is -1.98. The van der Waals surface area contributed by atoms with Crippen LogP contribution in [-0.2, 0) is 47.4 Å². The summed E-state index contributed by atoms with van der Waals surface area (Å²) in [5.41, 5.74) is -0.0924. The van der Waals surface area contributed by atoms with E-state index in [1.165, 1.54) is 0 Å². The first-order chi connectivity index (χ1) is 34.7. The summed E-state index contributed by atoms with van der Waals surface area (Å²) in [5, 5.41) is 132. The normalized spacial score (nSPS) is 58.2. The summed E-state index contributed by atoms with van der Waals surface area (Å²) in [6.45, 7) is 9.19. The summed E-state index contributed by atoms with van der Waals surface area (Å²) in [6.07, 6.45) is -23.7. The van der Waals surface area contributed by atoms with Crippen molar-refractivity contribution in [2.45, 2.75) is 227 Å². The van der Waals surface area contributed by atoms with Gasteiger partial charge >= 0.3 is 0 Å². The van der Waals surface area contributed by atoms with Gasteiger partial charge < -0.3 is 109 Å². The van der Waals surface area contributed by atoms with Gasteiger partial charge in [0.1, 0.15) is 79.4 Å². The fraction of sp³-hybridized carbons (Fsp3) is 1.00. The molecule has 420 valence electrons. The number of hydrogen-bond donors (Lipinski definition) is 12. The van der Waals surface area contributed by atoms with Gasteiger partial charge in [-0.1, -0.05) is 34.6 Å². The Labute approximate surface area is 426 Å². The first-order valence-corrected chi connectivity index (χ1v) is 27.1. The molecule has 22 nitrogen and oxygen atoms in total. The molecule has 0 aromatic carbocycles.